The maximum Gasteiger partial charge on any atom is 0.302 e. The van der Waals surface area contributed by atoms with E-state index < -0.39 is 0 Å². The summed E-state index contributed by atoms with van der Waals surface area (Å²) in [6, 6.07) is 0. The van der Waals surface area contributed by atoms with Gasteiger partial charge in [0, 0.05) is 12.3 Å². The first-order chi connectivity index (χ1) is 5.44. The maximum absolute atomic E-state index is 10.5. The van der Waals surface area contributed by atoms with Crippen molar-refractivity contribution < 1.29 is 14.3 Å². The van der Waals surface area contributed by atoms with E-state index in [9.17, 15) is 4.79 Å². The topological polar surface area (TPSA) is 35.5 Å². The van der Waals surface area contributed by atoms with Crippen LogP contribution in [0, 0.1) is 5.41 Å². The van der Waals surface area contributed by atoms with Gasteiger partial charge in [0.05, 0.1) is 12.2 Å². The molecule has 12 heavy (non-hydrogen) atoms. The molecule has 0 aromatic carbocycles. The second-order valence-electron chi connectivity index (χ2n) is 3.89. The third kappa shape index (κ3) is 1.61. The van der Waals surface area contributed by atoms with Crippen molar-refractivity contribution in [1.29, 1.82) is 0 Å². The van der Waals surface area contributed by atoms with Gasteiger partial charge in [0.2, 0.25) is 0 Å². The molecule has 0 radical (unpaired) electrons. The highest BCUT2D eigenvalue weighted by atomic mass is 16.6. The summed E-state index contributed by atoms with van der Waals surface area (Å²) < 4.78 is 10.3. The van der Waals surface area contributed by atoms with Crippen LogP contribution in [0.5, 0.6) is 0 Å². The standard InChI is InChI=1S/C9H16O3/c1-6-9(3,4)8(12-6)5-11-7(2)10/h6,8H,5H2,1-4H3/t6-,8+/m0/s1. The molecule has 0 bridgehead atoms. The molecule has 2 atom stereocenters. The van der Waals surface area contributed by atoms with E-state index in [0.717, 1.165) is 0 Å². The minimum atomic E-state index is -0.242. The molecule has 1 aliphatic heterocycles. The minimum absolute atomic E-state index is 0.0661. The fourth-order valence-corrected chi connectivity index (χ4v) is 1.23. The van der Waals surface area contributed by atoms with Gasteiger partial charge in [-0.05, 0) is 6.92 Å². The molecule has 3 nitrogen and oxygen atoms in total. The Morgan fingerprint density at radius 2 is 2.17 bits per heavy atom. The van der Waals surface area contributed by atoms with Gasteiger partial charge < -0.3 is 9.47 Å². The molecular weight excluding hydrogens is 156 g/mol. The molecule has 0 aliphatic carbocycles. The predicted molar refractivity (Wildman–Crippen MR) is 44.7 cm³/mol. The van der Waals surface area contributed by atoms with Crippen molar-refractivity contribution in [3.05, 3.63) is 0 Å². The number of rotatable bonds is 2. The Balaban J connectivity index is 2.32. The molecule has 1 fully saturated rings. The van der Waals surface area contributed by atoms with Gasteiger partial charge in [-0.25, -0.2) is 0 Å². The lowest BCUT2D eigenvalue weighted by Gasteiger charge is -2.49. The van der Waals surface area contributed by atoms with Gasteiger partial charge in [0.15, 0.2) is 0 Å². The van der Waals surface area contributed by atoms with E-state index in [2.05, 4.69) is 13.8 Å². The van der Waals surface area contributed by atoms with Crippen molar-refractivity contribution in [3.8, 4) is 0 Å². The molecule has 0 amide bonds. The number of esters is 1. The molecule has 70 valence electrons. The minimum Gasteiger partial charge on any atom is -0.463 e. The molecular formula is C9H16O3. The van der Waals surface area contributed by atoms with E-state index in [1.54, 1.807) is 0 Å². The average Bonchev–Trinajstić information content (AvgIpc) is 1.97. The van der Waals surface area contributed by atoms with Crippen LogP contribution < -0.4 is 0 Å². The first kappa shape index (κ1) is 9.52. The zero-order valence-electron chi connectivity index (χ0n) is 8.09. The monoisotopic (exact) mass is 172 g/mol. The van der Waals surface area contributed by atoms with E-state index in [1.165, 1.54) is 6.92 Å². The Morgan fingerprint density at radius 1 is 1.58 bits per heavy atom. The molecule has 0 aromatic rings. The number of carbonyl (C=O) groups excluding carboxylic acids is 1. The van der Waals surface area contributed by atoms with Crippen LogP contribution in [0.4, 0.5) is 0 Å². The summed E-state index contributed by atoms with van der Waals surface area (Å²) in [4.78, 5) is 10.5. The molecule has 0 unspecified atom stereocenters. The molecule has 1 saturated heterocycles. The van der Waals surface area contributed by atoms with Gasteiger partial charge in [-0.15, -0.1) is 0 Å². The lowest BCUT2D eigenvalue weighted by molar-refractivity contribution is -0.241. The van der Waals surface area contributed by atoms with Crippen LogP contribution >= 0.6 is 0 Å². The van der Waals surface area contributed by atoms with E-state index in [0.29, 0.717) is 6.61 Å². The summed E-state index contributed by atoms with van der Waals surface area (Å²) in [5, 5.41) is 0. The second-order valence-corrected chi connectivity index (χ2v) is 3.89. The summed E-state index contributed by atoms with van der Waals surface area (Å²) in [6.07, 6.45) is 0.328. The quantitative estimate of drug-likeness (QED) is 0.590. The fraction of sp³-hybridized carbons (Fsp3) is 0.889. The SMILES string of the molecule is CC(=O)OC[C@H]1O[C@@H](C)C1(C)C. The van der Waals surface area contributed by atoms with Crippen molar-refractivity contribution in [2.24, 2.45) is 5.41 Å². The summed E-state index contributed by atoms with van der Waals surface area (Å²) in [5.74, 6) is -0.242. The molecule has 1 rings (SSSR count). The Hall–Kier alpha value is -0.570. The van der Waals surface area contributed by atoms with Gasteiger partial charge in [-0.3, -0.25) is 4.79 Å². The van der Waals surface area contributed by atoms with E-state index in [-0.39, 0.29) is 23.6 Å². The highest BCUT2D eigenvalue weighted by Gasteiger charge is 2.47. The molecule has 0 N–H and O–H groups in total. The zero-order valence-corrected chi connectivity index (χ0v) is 8.09. The summed E-state index contributed by atoms with van der Waals surface area (Å²) in [5.41, 5.74) is 0.134. The first-order valence-electron chi connectivity index (χ1n) is 4.23. The Bertz CT molecular complexity index is 186. The van der Waals surface area contributed by atoms with Crippen molar-refractivity contribution in [3.63, 3.8) is 0 Å². The second kappa shape index (κ2) is 3.05. The smallest absolute Gasteiger partial charge is 0.302 e. The molecule has 3 heteroatoms. The third-order valence-electron chi connectivity index (χ3n) is 2.68. The largest absolute Gasteiger partial charge is 0.463 e. The Kier molecular flexibility index (Phi) is 2.42. The van der Waals surface area contributed by atoms with E-state index in [1.807, 2.05) is 6.92 Å². The normalized spacial score (nSPS) is 32.3. The van der Waals surface area contributed by atoms with Gasteiger partial charge in [0.1, 0.15) is 6.61 Å². The van der Waals surface area contributed by atoms with Crippen LogP contribution in [0.2, 0.25) is 0 Å². The summed E-state index contributed by atoms with van der Waals surface area (Å²) in [6.45, 7) is 8.07. The van der Waals surface area contributed by atoms with Crippen LogP contribution in [0.3, 0.4) is 0 Å². The summed E-state index contributed by atoms with van der Waals surface area (Å²) >= 11 is 0. The lowest BCUT2D eigenvalue weighted by atomic mass is 9.76. The first-order valence-corrected chi connectivity index (χ1v) is 4.23. The van der Waals surface area contributed by atoms with Gasteiger partial charge in [0.25, 0.3) is 0 Å². The number of ether oxygens (including phenoxy) is 2. The van der Waals surface area contributed by atoms with Crippen molar-refractivity contribution in [1.82, 2.24) is 0 Å². The predicted octanol–water partition coefficient (Wildman–Crippen LogP) is 1.36. The van der Waals surface area contributed by atoms with Crippen LogP contribution in [0.25, 0.3) is 0 Å². The highest BCUT2D eigenvalue weighted by molar-refractivity contribution is 5.65. The van der Waals surface area contributed by atoms with Crippen molar-refractivity contribution >= 4 is 5.97 Å². The summed E-state index contributed by atoms with van der Waals surface area (Å²) in [7, 11) is 0. The van der Waals surface area contributed by atoms with Crippen LogP contribution in [-0.4, -0.2) is 24.8 Å². The highest BCUT2D eigenvalue weighted by Crippen LogP contribution is 2.40. The molecule has 1 aliphatic rings. The van der Waals surface area contributed by atoms with Gasteiger partial charge in [-0.1, -0.05) is 13.8 Å². The Morgan fingerprint density at radius 3 is 2.50 bits per heavy atom. The number of hydrogen-bond donors (Lipinski definition) is 0. The number of carbonyl (C=O) groups is 1. The van der Waals surface area contributed by atoms with Gasteiger partial charge in [-0.2, -0.15) is 0 Å². The lowest BCUT2D eigenvalue weighted by Crippen LogP contribution is -2.56. The van der Waals surface area contributed by atoms with Crippen molar-refractivity contribution in [2.45, 2.75) is 39.9 Å². The number of hydrogen-bond acceptors (Lipinski definition) is 3. The van der Waals surface area contributed by atoms with E-state index in [4.69, 9.17) is 9.47 Å². The van der Waals surface area contributed by atoms with E-state index >= 15 is 0 Å². The van der Waals surface area contributed by atoms with Crippen LogP contribution in [0.1, 0.15) is 27.7 Å². The van der Waals surface area contributed by atoms with Gasteiger partial charge >= 0.3 is 5.97 Å². The van der Waals surface area contributed by atoms with Crippen molar-refractivity contribution in [2.75, 3.05) is 6.61 Å². The Labute approximate surface area is 73.0 Å². The molecule has 1 heterocycles. The average molecular weight is 172 g/mol. The molecule has 0 aromatic heterocycles. The fourth-order valence-electron chi connectivity index (χ4n) is 1.23. The van der Waals surface area contributed by atoms with Crippen LogP contribution in [0.15, 0.2) is 0 Å². The third-order valence-corrected chi connectivity index (χ3v) is 2.68. The maximum atomic E-state index is 10.5. The zero-order chi connectivity index (χ0) is 9.35. The molecule has 0 saturated carbocycles. The van der Waals surface area contributed by atoms with Crippen LogP contribution in [-0.2, 0) is 14.3 Å². The molecule has 0 spiro atoms.